The molecule has 2 atom stereocenters. The summed E-state index contributed by atoms with van der Waals surface area (Å²) in [6.07, 6.45) is 66.0. The minimum absolute atomic E-state index is 0.00544. The molecule has 6 nitrogen and oxygen atoms in total. The van der Waals surface area contributed by atoms with Crippen molar-refractivity contribution in [2.75, 3.05) is 25.1 Å². The van der Waals surface area contributed by atoms with Crippen molar-refractivity contribution in [1.82, 2.24) is 0 Å². The molecule has 2 N–H and O–H groups in total. The molecule has 0 radical (unpaired) electrons. The van der Waals surface area contributed by atoms with Crippen LogP contribution in [0.5, 0.6) is 0 Å². The Kier molecular flexibility index (Phi) is 49.7. The van der Waals surface area contributed by atoms with E-state index in [1.54, 1.807) is 0 Å². The number of aliphatic hydroxyl groups excluding tert-OH is 1. The molecule has 0 aliphatic heterocycles. The number of carbonyl (C=O) groups excluding carboxylic acids is 1. The van der Waals surface area contributed by atoms with Crippen molar-refractivity contribution in [3.63, 3.8) is 0 Å². The van der Waals surface area contributed by atoms with Crippen LogP contribution < -0.4 is 5.32 Å². The van der Waals surface area contributed by atoms with Crippen molar-refractivity contribution < 1.29 is 24.1 Å². The Bertz CT molecular complexity index is 1240. The first-order valence-electron chi connectivity index (χ1n) is 33.5. The van der Waals surface area contributed by atoms with Crippen LogP contribution in [0, 0.1) is 5.92 Å². The minimum Gasteiger partial charge on any atom is -0.392 e. The lowest BCUT2D eigenvalue weighted by Crippen LogP contribution is -2.51. The van der Waals surface area contributed by atoms with Gasteiger partial charge < -0.3 is 24.6 Å². The molecule has 0 aromatic heterocycles. The molecular formula is C68H127NO5. The minimum atomic E-state index is -0.213. The summed E-state index contributed by atoms with van der Waals surface area (Å²) in [6, 6.07) is 7.56. The highest BCUT2D eigenvalue weighted by molar-refractivity contribution is 5.92. The number of aliphatic hydroxyl groups is 1. The van der Waals surface area contributed by atoms with Crippen LogP contribution in [0.3, 0.4) is 0 Å². The van der Waals surface area contributed by atoms with E-state index in [2.05, 4.69) is 26.1 Å². The van der Waals surface area contributed by atoms with E-state index < -0.39 is 0 Å². The Hall–Kier alpha value is -1.47. The van der Waals surface area contributed by atoms with E-state index in [1.807, 2.05) is 24.3 Å². The maximum absolute atomic E-state index is 14.0. The van der Waals surface area contributed by atoms with Gasteiger partial charge in [0, 0.05) is 31.4 Å². The molecule has 1 aromatic carbocycles. The molecule has 1 aromatic rings. The largest absolute Gasteiger partial charge is 0.392 e. The van der Waals surface area contributed by atoms with Gasteiger partial charge in [0.1, 0.15) is 6.10 Å². The quantitative estimate of drug-likeness (QED) is 0.0636. The maximum atomic E-state index is 14.0. The number of unbranched alkanes of at least 4 members (excludes halogenated alkanes) is 45. The van der Waals surface area contributed by atoms with E-state index in [9.17, 15) is 9.90 Å². The molecule has 74 heavy (non-hydrogen) atoms. The van der Waals surface area contributed by atoms with Crippen LogP contribution in [0.2, 0.25) is 0 Å². The summed E-state index contributed by atoms with van der Waals surface area (Å²) in [7, 11) is 0. The van der Waals surface area contributed by atoms with Gasteiger partial charge in [0.25, 0.3) is 0 Å². The number of ether oxygens (including phenoxy) is 3. The van der Waals surface area contributed by atoms with Crippen LogP contribution in [-0.4, -0.2) is 49.1 Å². The molecule has 6 heteroatoms. The first-order chi connectivity index (χ1) is 36.6. The number of hydrogen-bond acceptors (Lipinski definition) is 5. The highest BCUT2D eigenvalue weighted by Crippen LogP contribution is 2.33. The second-order valence-electron chi connectivity index (χ2n) is 23.6. The van der Waals surface area contributed by atoms with Crippen LogP contribution in [0.1, 0.15) is 347 Å². The average Bonchev–Trinajstić information content (AvgIpc) is 3.41. The van der Waals surface area contributed by atoms with Crippen LogP contribution in [0.15, 0.2) is 24.3 Å². The molecule has 2 rings (SSSR count). The lowest BCUT2D eigenvalue weighted by atomic mass is 9.82. The summed E-state index contributed by atoms with van der Waals surface area (Å²) >= 11 is 0. The van der Waals surface area contributed by atoms with Gasteiger partial charge in [-0.2, -0.15) is 0 Å². The zero-order chi connectivity index (χ0) is 52.9. The molecule has 1 aliphatic carbocycles. The molecule has 1 amide bonds. The van der Waals surface area contributed by atoms with Crippen LogP contribution >= 0.6 is 0 Å². The molecule has 434 valence electrons. The van der Waals surface area contributed by atoms with Crippen LogP contribution in [-0.2, 0) is 25.6 Å². The molecular weight excluding hydrogens is 911 g/mol. The molecule has 0 saturated heterocycles. The Morgan fingerprint density at radius 2 is 0.622 bits per heavy atom. The van der Waals surface area contributed by atoms with E-state index >= 15 is 0 Å². The number of benzene rings is 1. The van der Waals surface area contributed by atoms with Crippen molar-refractivity contribution in [3.8, 4) is 0 Å². The van der Waals surface area contributed by atoms with Crippen molar-refractivity contribution in [2.24, 2.45) is 5.92 Å². The van der Waals surface area contributed by atoms with Crippen molar-refractivity contribution >= 4 is 11.6 Å². The van der Waals surface area contributed by atoms with Crippen LogP contribution in [0.25, 0.3) is 0 Å². The molecule has 0 bridgehead atoms. The van der Waals surface area contributed by atoms with Crippen molar-refractivity contribution in [3.05, 3.63) is 29.8 Å². The Morgan fingerprint density at radius 3 is 0.878 bits per heavy atom. The summed E-state index contributed by atoms with van der Waals surface area (Å²) in [5.41, 5.74) is 1.61. The van der Waals surface area contributed by atoms with Gasteiger partial charge in [-0.15, -0.1) is 0 Å². The van der Waals surface area contributed by atoms with Gasteiger partial charge in [-0.1, -0.05) is 322 Å². The zero-order valence-electron chi connectivity index (χ0n) is 49.9. The van der Waals surface area contributed by atoms with Gasteiger partial charge in [0.2, 0.25) is 5.91 Å². The number of nitrogens with one attached hydrogen (secondary N) is 1. The Labute approximate surface area is 461 Å². The van der Waals surface area contributed by atoms with Gasteiger partial charge in [-0.25, -0.2) is 0 Å². The first kappa shape index (κ1) is 68.6. The third-order valence-corrected chi connectivity index (χ3v) is 16.5. The Morgan fingerprint density at radius 1 is 0.378 bits per heavy atom. The van der Waals surface area contributed by atoms with E-state index in [0.29, 0.717) is 26.1 Å². The second kappa shape index (κ2) is 53.5. The third-order valence-electron chi connectivity index (χ3n) is 16.5. The standard InChI is InChI=1S/C68H127NO5/c1-4-7-10-13-16-19-22-25-28-31-34-37-40-43-46-49-56-72-65-59-63(68(71)69-64-54-52-62(61-70)53-55-64)60-66(73-57-50-47-44-41-38-35-32-29-26-23-20-17-14-11-8-5-2)67(65)74-58-51-48-45-42-39-36-33-30-27-24-21-18-15-12-9-6-3/h52-55,63,65-67,70H,4-51,56-61H2,1-3H3,(H,69,71). The monoisotopic (exact) mass is 1040 g/mol. The fraction of sp³-hybridized carbons (Fsp3) is 0.897. The number of anilines is 1. The van der Waals surface area contributed by atoms with Gasteiger partial charge in [0.05, 0.1) is 18.8 Å². The molecule has 2 unspecified atom stereocenters. The van der Waals surface area contributed by atoms with E-state index in [0.717, 1.165) is 37.1 Å². The Balaban J connectivity index is 1.85. The molecule has 1 fully saturated rings. The number of amides is 1. The third kappa shape index (κ3) is 40.7. The fourth-order valence-electron chi connectivity index (χ4n) is 11.5. The lowest BCUT2D eigenvalue weighted by Gasteiger charge is -2.41. The van der Waals surface area contributed by atoms with Gasteiger partial charge in [-0.05, 0) is 49.8 Å². The predicted molar refractivity (Wildman–Crippen MR) is 322 cm³/mol. The summed E-state index contributed by atoms with van der Waals surface area (Å²) < 4.78 is 20.5. The van der Waals surface area contributed by atoms with E-state index in [4.69, 9.17) is 14.2 Å². The second-order valence-corrected chi connectivity index (χ2v) is 23.6. The summed E-state index contributed by atoms with van der Waals surface area (Å²) in [6.45, 7) is 9.05. The smallest absolute Gasteiger partial charge is 0.227 e. The summed E-state index contributed by atoms with van der Waals surface area (Å²) in [5.74, 6) is -0.181. The first-order valence-corrected chi connectivity index (χ1v) is 33.5. The zero-order valence-corrected chi connectivity index (χ0v) is 49.9. The highest BCUT2D eigenvalue weighted by Gasteiger charge is 2.42. The normalized spacial score (nSPS) is 16.9. The maximum Gasteiger partial charge on any atom is 0.227 e. The van der Waals surface area contributed by atoms with Crippen molar-refractivity contribution in [1.29, 1.82) is 0 Å². The van der Waals surface area contributed by atoms with Gasteiger partial charge in [-0.3, -0.25) is 4.79 Å². The SMILES string of the molecule is CCCCCCCCCCCCCCCCCCOC1CC(C(=O)Nc2ccc(CO)cc2)CC(OCCCCCCCCCCCCCCCCCC)C1OCCCCCCCCCCCCCCCCCC. The predicted octanol–water partition coefficient (Wildman–Crippen LogP) is 21.5. The van der Waals surface area contributed by atoms with Gasteiger partial charge in [0.15, 0.2) is 0 Å². The van der Waals surface area contributed by atoms with E-state index in [-0.39, 0.29) is 36.7 Å². The lowest BCUT2D eigenvalue weighted by molar-refractivity contribution is -0.172. The number of hydrogen-bond donors (Lipinski definition) is 2. The topological polar surface area (TPSA) is 77.0 Å². The summed E-state index contributed by atoms with van der Waals surface area (Å²) in [5, 5.41) is 12.8. The molecule has 0 spiro atoms. The highest BCUT2D eigenvalue weighted by atomic mass is 16.6. The van der Waals surface area contributed by atoms with E-state index in [1.165, 1.54) is 289 Å². The van der Waals surface area contributed by atoms with Crippen molar-refractivity contribution in [2.45, 2.75) is 367 Å². The molecule has 1 aliphatic rings. The molecule has 0 heterocycles. The summed E-state index contributed by atoms with van der Waals surface area (Å²) in [4.78, 5) is 14.0. The fourth-order valence-corrected chi connectivity index (χ4v) is 11.5. The molecule has 1 saturated carbocycles. The average molecular weight is 1040 g/mol. The number of rotatable bonds is 57. The van der Waals surface area contributed by atoms with Crippen LogP contribution in [0.4, 0.5) is 5.69 Å². The van der Waals surface area contributed by atoms with Gasteiger partial charge >= 0.3 is 0 Å². The number of carbonyl (C=O) groups is 1.